The second-order valence-corrected chi connectivity index (χ2v) is 2.29. The number of rotatable bonds is 3. The van der Waals surface area contributed by atoms with Gasteiger partial charge >= 0.3 is 0 Å². The van der Waals surface area contributed by atoms with E-state index in [1.54, 1.807) is 6.92 Å². The molecule has 52 valence electrons. The number of ketones is 1. The Hall–Kier alpha value is -0.630. The Morgan fingerprint density at radius 3 is 2.22 bits per heavy atom. The van der Waals surface area contributed by atoms with Crippen LogP contribution in [0.5, 0.6) is 0 Å². The van der Waals surface area contributed by atoms with Gasteiger partial charge in [0.25, 0.3) is 0 Å². The van der Waals surface area contributed by atoms with Crippen LogP contribution in [0.3, 0.4) is 0 Å². The molecule has 0 aromatic rings. The van der Waals surface area contributed by atoms with Gasteiger partial charge in [-0.25, -0.2) is 0 Å². The van der Waals surface area contributed by atoms with E-state index < -0.39 is 6.10 Å². The van der Waals surface area contributed by atoms with Crippen molar-refractivity contribution >= 4 is 5.78 Å². The highest BCUT2D eigenvalue weighted by Crippen LogP contribution is 2.01. The van der Waals surface area contributed by atoms with Crippen molar-refractivity contribution in [3.63, 3.8) is 0 Å². The molecule has 1 unspecified atom stereocenters. The van der Waals surface area contributed by atoms with E-state index in [9.17, 15) is 4.79 Å². The summed E-state index contributed by atoms with van der Waals surface area (Å²) in [7, 11) is 0. The quantitative estimate of drug-likeness (QED) is 0.573. The minimum atomic E-state index is -0.845. The van der Waals surface area contributed by atoms with E-state index in [0.29, 0.717) is 6.42 Å². The fourth-order valence-corrected chi connectivity index (χ4v) is 0.474. The number of carbonyl (C=O) groups is 1. The third kappa shape index (κ3) is 3.91. The molecule has 0 bridgehead atoms. The first-order valence-electron chi connectivity index (χ1n) is 2.87. The van der Waals surface area contributed by atoms with Crippen molar-refractivity contribution in [3.05, 3.63) is 12.2 Å². The van der Waals surface area contributed by atoms with Crippen molar-refractivity contribution < 1.29 is 9.90 Å². The lowest BCUT2D eigenvalue weighted by atomic mass is 10.1. The number of Topliss-reactive ketones (excluding diaryl/α,β-unsaturated/α-hetero) is 1. The monoisotopic (exact) mass is 128 g/mol. The number of aliphatic hydroxyl groups is 1. The third-order valence-electron chi connectivity index (χ3n) is 1.01. The molecular formula is C7H12O2. The number of carbonyl (C=O) groups excluding carboxylic acids is 1. The zero-order valence-electron chi connectivity index (χ0n) is 5.85. The Morgan fingerprint density at radius 2 is 2.11 bits per heavy atom. The standard InChI is InChI=1S/C7H12O2/c1-5(2)4-7(9)6(3)8/h7,9H,1,4H2,2-3H3. The van der Waals surface area contributed by atoms with Gasteiger partial charge < -0.3 is 5.11 Å². The van der Waals surface area contributed by atoms with Gasteiger partial charge in [0.1, 0.15) is 6.10 Å². The maximum Gasteiger partial charge on any atom is 0.158 e. The van der Waals surface area contributed by atoms with E-state index in [4.69, 9.17) is 5.11 Å². The fraction of sp³-hybridized carbons (Fsp3) is 0.571. The molecule has 0 aliphatic rings. The second kappa shape index (κ2) is 3.41. The first kappa shape index (κ1) is 8.37. The molecule has 0 aromatic heterocycles. The number of hydrogen-bond acceptors (Lipinski definition) is 2. The summed E-state index contributed by atoms with van der Waals surface area (Å²) in [4.78, 5) is 10.4. The summed E-state index contributed by atoms with van der Waals surface area (Å²) in [5, 5.41) is 8.89. The van der Waals surface area contributed by atoms with Crippen LogP contribution < -0.4 is 0 Å². The summed E-state index contributed by atoms with van der Waals surface area (Å²) in [5.41, 5.74) is 0.831. The molecule has 2 nitrogen and oxygen atoms in total. The van der Waals surface area contributed by atoms with Crippen LogP contribution in [0.25, 0.3) is 0 Å². The van der Waals surface area contributed by atoms with Crippen molar-refractivity contribution in [2.45, 2.75) is 26.4 Å². The average molecular weight is 128 g/mol. The van der Waals surface area contributed by atoms with Gasteiger partial charge in [-0.05, 0) is 13.8 Å². The van der Waals surface area contributed by atoms with E-state index in [1.165, 1.54) is 6.92 Å². The fourth-order valence-electron chi connectivity index (χ4n) is 0.474. The van der Waals surface area contributed by atoms with E-state index in [0.717, 1.165) is 5.57 Å². The lowest BCUT2D eigenvalue weighted by Crippen LogP contribution is -2.16. The normalized spacial score (nSPS) is 12.8. The maximum atomic E-state index is 10.4. The largest absolute Gasteiger partial charge is 0.385 e. The first-order chi connectivity index (χ1) is 4.04. The van der Waals surface area contributed by atoms with E-state index in [-0.39, 0.29) is 5.78 Å². The maximum absolute atomic E-state index is 10.4. The molecule has 0 spiro atoms. The third-order valence-corrected chi connectivity index (χ3v) is 1.01. The molecule has 0 heterocycles. The molecule has 1 N–H and O–H groups in total. The highest BCUT2D eigenvalue weighted by molar-refractivity contribution is 5.80. The van der Waals surface area contributed by atoms with E-state index in [1.807, 2.05) is 0 Å². The Morgan fingerprint density at radius 1 is 1.67 bits per heavy atom. The predicted molar refractivity (Wildman–Crippen MR) is 36.1 cm³/mol. The molecule has 0 aliphatic heterocycles. The molecule has 1 atom stereocenters. The molecule has 0 saturated carbocycles. The Balaban J connectivity index is 3.63. The highest BCUT2D eigenvalue weighted by Gasteiger charge is 2.07. The van der Waals surface area contributed by atoms with Crippen molar-refractivity contribution in [1.29, 1.82) is 0 Å². The number of hydrogen-bond donors (Lipinski definition) is 1. The minimum Gasteiger partial charge on any atom is -0.385 e. The summed E-state index contributed by atoms with van der Waals surface area (Å²) in [6.07, 6.45) is -0.461. The summed E-state index contributed by atoms with van der Waals surface area (Å²) < 4.78 is 0. The zero-order valence-corrected chi connectivity index (χ0v) is 5.85. The van der Waals surface area contributed by atoms with Crippen LogP contribution >= 0.6 is 0 Å². The molecule has 0 saturated heterocycles. The Bertz CT molecular complexity index is 127. The van der Waals surface area contributed by atoms with Gasteiger partial charge in [-0.2, -0.15) is 0 Å². The molecule has 0 radical (unpaired) electrons. The summed E-state index contributed by atoms with van der Waals surface area (Å²) >= 11 is 0. The van der Waals surface area contributed by atoms with Crippen LogP contribution in [0.15, 0.2) is 12.2 Å². The van der Waals surface area contributed by atoms with E-state index in [2.05, 4.69) is 6.58 Å². The SMILES string of the molecule is C=C(C)CC(O)C(C)=O. The van der Waals surface area contributed by atoms with E-state index >= 15 is 0 Å². The Kier molecular flexibility index (Phi) is 3.17. The van der Waals surface area contributed by atoms with Crippen molar-refractivity contribution in [1.82, 2.24) is 0 Å². The Labute approximate surface area is 55.2 Å². The smallest absolute Gasteiger partial charge is 0.158 e. The van der Waals surface area contributed by atoms with Gasteiger partial charge in [-0.3, -0.25) is 4.79 Å². The second-order valence-electron chi connectivity index (χ2n) is 2.29. The van der Waals surface area contributed by atoms with Crippen molar-refractivity contribution in [2.24, 2.45) is 0 Å². The summed E-state index contributed by atoms with van der Waals surface area (Å²) in [5.74, 6) is -0.196. The van der Waals surface area contributed by atoms with Crippen LogP contribution in [0.4, 0.5) is 0 Å². The molecular weight excluding hydrogens is 116 g/mol. The van der Waals surface area contributed by atoms with Gasteiger partial charge in [0, 0.05) is 6.42 Å². The van der Waals surface area contributed by atoms with Gasteiger partial charge in [0.05, 0.1) is 0 Å². The number of aliphatic hydroxyl groups excluding tert-OH is 1. The van der Waals surface area contributed by atoms with Crippen LogP contribution in [0, 0.1) is 0 Å². The topological polar surface area (TPSA) is 37.3 Å². The summed E-state index contributed by atoms with van der Waals surface area (Å²) in [6, 6.07) is 0. The summed E-state index contributed by atoms with van der Waals surface area (Å²) in [6.45, 7) is 6.72. The van der Waals surface area contributed by atoms with Crippen LogP contribution in [-0.2, 0) is 4.79 Å². The molecule has 2 heteroatoms. The molecule has 0 aromatic carbocycles. The van der Waals surface area contributed by atoms with Crippen LogP contribution in [0.1, 0.15) is 20.3 Å². The highest BCUT2D eigenvalue weighted by atomic mass is 16.3. The average Bonchev–Trinajstić information content (AvgIpc) is 1.63. The van der Waals surface area contributed by atoms with Crippen molar-refractivity contribution in [3.8, 4) is 0 Å². The van der Waals surface area contributed by atoms with Gasteiger partial charge in [-0.1, -0.05) is 5.57 Å². The lowest BCUT2D eigenvalue weighted by Gasteiger charge is -2.03. The van der Waals surface area contributed by atoms with Gasteiger partial charge in [0.15, 0.2) is 5.78 Å². The van der Waals surface area contributed by atoms with Gasteiger partial charge in [0.2, 0.25) is 0 Å². The van der Waals surface area contributed by atoms with Crippen molar-refractivity contribution in [2.75, 3.05) is 0 Å². The lowest BCUT2D eigenvalue weighted by molar-refractivity contribution is -0.124. The predicted octanol–water partition coefficient (Wildman–Crippen LogP) is 0.903. The zero-order chi connectivity index (χ0) is 7.44. The molecule has 0 fully saturated rings. The molecule has 0 rings (SSSR count). The molecule has 9 heavy (non-hydrogen) atoms. The molecule has 0 aliphatic carbocycles. The first-order valence-corrected chi connectivity index (χ1v) is 2.87. The van der Waals surface area contributed by atoms with Gasteiger partial charge in [-0.15, -0.1) is 6.58 Å². The van der Waals surface area contributed by atoms with Crippen LogP contribution in [-0.4, -0.2) is 17.0 Å². The van der Waals surface area contributed by atoms with Crippen LogP contribution in [0.2, 0.25) is 0 Å². The molecule has 0 amide bonds. The minimum absolute atomic E-state index is 0.196.